The zero-order valence-corrected chi connectivity index (χ0v) is 10.7. The van der Waals surface area contributed by atoms with Crippen LogP contribution in [0.3, 0.4) is 0 Å². The summed E-state index contributed by atoms with van der Waals surface area (Å²) < 4.78 is 28.3. The minimum atomic E-state index is -3.50. The SMILES string of the molecule is Cn1ccc(S(=O)(=O)N[C@H]2CCCC[C@@H]2O)c1. The quantitative estimate of drug-likeness (QED) is 0.834. The van der Waals surface area contributed by atoms with Gasteiger partial charge in [0.05, 0.1) is 11.0 Å². The summed E-state index contributed by atoms with van der Waals surface area (Å²) in [5.74, 6) is 0. The van der Waals surface area contributed by atoms with Crippen LogP contribution in [0.2, 0.25) is 0 Å². The van der Waals surface area contributed by atoms with Crippen LogP contribution in [0.4, 0.5) is 0 Å². The van der Waals surface area contributed by atoms with E-state index >= 15 is 0 Å². The highest BCUT2D eigenvalue weighted by Crippen LogP contribution is 2.20. The average Bonchev–Trinajstić information content (AvgIpc) is 2.69. The van der Waals surface area contributed by atoms with Crippen LogP contribution in [0.5, 0.6) is 0 Å². The molecule has 1 heterocycles. The third kappa shape index (κ3) is 2.88. The van der Waals surface area contributed by atoms with Crippen molar-refractivity contribution in [3.63, 3.8) is 0 Å². The van der Waals surface area contributed by atoms with E-state index < -0.39 is 16.1 Å². The van der Waals surface area contributed by atoms with Crippen molar-refractivity contribution in [2.75, 3.05) is 0 Å². The number of nitrogens with zero attached hydrogens (tertiary/aromatic N) is 1. The van der Waals surface area contributed by atoms with Gasteiger partial charge >= 0.3 is 0 Å². The third-order valence-electron chi connectivity index (χ3n) is 3.15. The van der Waals surface area contributed by atoms with Gasteiger partial charge < -0.3 is 9.67 Å². The molecule has 0 amide bonds. The van der Waals surface area contributed by atoms with Gasteiger partial charge in [-0.1, -0.05) is 12.8 Å². The summed E-state index contributed by atoms with van der Waals surface area (Å²) in [6.07, 6.45) is 5.96. The van der Waals surface area contributed by atoms with E-state index in [4.69, 9.17) is 0 Å². The summed E-state index contributed by atoms with van der Waals surface area (Å²) in [4.78, 5) is 0.248. The van der Waals surface area contributed by atoms with E-state index in [1.54, 1.807) is 30.1 Å². The minimum Gasteiger partial charge on any atom is -0.391 e. The summed E-state index contributed by atoms with van der Waals surface area (Å²) in [5.41, 5.74) is 0. The van der Waals surface area contributed by atoms with Crippen molar-refractivity contribution in [3.8, 4) is 0 Å². The first-order valence-corrected chi connectivity index (χ1v) is 7.30. The second-order valence-corrected chi connectivity index (χ2v) is 6.31. The normalized spacial score (nSPS) is 26.0. The fourth-order valence-corrected chi connectivity index (χ4v) is 3.51. The molecule has 2 atom stereocenters. The Balaban J connectivity index is 2.11. The fraction of sp³-hybridized carbons (Fsp3) is 0.636. The average molecular weight is 258 g/mol. The Kier molecular flexibility index (Phi) is 3.56. The molecule has 0 unspecified atom stereocenters. The molecule has 0 aromatic carbocycles. The van der Waals surface area contributed by atoms with Gasteiger partial charge in [0.25, 0.3) is 0 Å². The number of hydrogen-bond acceptors (Lipinski definition) is 3. The minimum absolute atomic E-state index is 0.248. The Bertz CT molecular complexity index is 481. The molecule has 0 bridgehead atoms. The van der Waals surface area contributed by atoms with Gasteiger partial charge in [-0.2, -0.15) is 0 Å². The van der Waals surface area contributed by atoms with Gasteiger partial charge in [-0.15, -0.1) is 0 Å². The molecule has 1 fully saturated rings. The molecule has 1 aromatic rings. The molecule has 96 valence electrons. The van der Waals surface area contributed by atoms with Crippen molar-refractivity contribution < 1.29 is 13.5 Å². The molecule has 0 saturated heterocycles. The summed E-state index contributed by atoms with van der Waals surface area (Å²) in [6, 6.07) is 1.20. The Labute approximate surface area is 102 Å². The number of aryl methyl sites for hydroxylation is 1. The van der Waals surface area contributed by atoms with Crippen LogP contribution < -0.4 is 4.72 Å². The zero-order valence-electron chi connectivity index (χ0n) is 9.83. The molecule has 0 radical (unpaired) electrons. The van der Waals surface area contributed by atoms with E-state index in [9.17, 15) is 13.5 Å². The van der Waals surface area contributed by atoms with E-state index in [2.05, 4.69) is 4.72 Å². The Morgan fingerprint density at radius 2 is 2.12 bits per heavy atom. The predicted molar refractivity (Wildman–Crippen MR) is 64.0 cm³/mol. The van der Waals surface area contributed by atoms with E-state index in [1.165, 1.54) is 0 Å². The second-order valence-electron chi connectivity index (χ2n) is 4.59. The Morgan fingerprint density at radius 1 is 1.41 bits per heavy atom. The van der Waals surface area contributed by atoms with Crippen LogP contribution in [0.1, 0.15) is 25.7 Å². The maximum absolute atomic E-state index is 12.0. The van der Waals surface area contributed by atoms with Gasteiger partial charge in [-0.3, -0.25) is 0 Å². The lowest BCUT2D eigenvalue weighted by atomic mass is 9.93. The Morgan fingerprint density at radius 3 is 2.71 bits per heavy atom. The largest absolute Gasteiger partial charge is 0.391 e. The standard InChI is InChI=1S/C11H18N2O3S/c1-13-7-6-9(8-13)17(15,16)12-10-4-2-3-5-11(10)14/h6-8,10-12,14H,2-5H2,1H3/t10-,11-/m0/s1. The highest BCUT2D eigenvalue weighted by Gasteiger charge is 2.28. The third-order valence-corrected chi connectivity index (χ3v) is 4.63. The van der Waals surface area contributed by atoms with Gasteiger partial charge in [0.15, 0.2) is 0 Å². The molecule has 17 heavy (non-hydrogen) atoms. The molecule has 0 aliphatic heterocycles. The number of nitrogens with one attached hydrogen (secondary N) is 1. The topological polar surface area (TPSA) is 71.3 Å². The van der Waals surface area contributed by atoms with E-state index in [-0.39, 0.29) is 10.9 Å². The lowest BCUT2D eigenvalue weighted by Gasteiger charge is -2.27. The Hall–Kier alpha value is -0.850. The summed E-state index contributed by atoms with van der Waals surface area (Å²) in [6.45, 7) is 0. The van der Waals surface area contributed by atoms with Gasteiger partial charge in [-0.25, -0.2) is 13.1 Å². The van der Waals surface area contributed by atoms with E-state index in [0.29, 0.717) is 12.8 Å². The maximum atomic E-state index is 12.0. The van der Waals surface area contributed by atoms with Crippen molar-refractivity contribution in [2.24, 2.45) is 7.05 Å². The molecule has 1 aliphatic carbocycles. The van der Waals surface area contributed by atoms with Crippen LogP contribution >= 0.6 is 0 Å². The van der Waals surface area contributed by atoms with Gasteiger partial charge in [-0.05, 0) is 18.9 Å². The lowest BCUT2D eigenvalue weighted by Crippen LogP contribution is -2.44. The highest BCUT2D eigenvalue weighted by molar-refractivity contribution is 7.89. The first kappa shape index (κ1) is 12.6. The molecule has 1 aromatic heterocycles. The number of rotatable bonds is 3. The lowest BCUT2D eigenvalue weighted by molar-refractivity contribution is 0.101. The van der Waals surface area contributed by atoms with Crippen molar-refractivity contribution in [3.05, 3.63) is 18.5 Å². The van der Waals surface area contributed by atoms with Crippen molar-refractivity contribution in [1.29, 1.82) is 0 Å². The summed E-state index contributed by atoms with van der Waals surface area (Å²) >= 11 is 0. The first-order chi connectivity index (χ1) is 7.99. The summed E-state index contributed by atoms with van der Waals surface area (Å²) in [5, 5.41) is 9.75. The van der Waals surface area contributed by atoms with Crippen molar-refractivity contribution in [2.45, 2.75) is 42.7 Å². The number of hydrogen-bond donors (Lipinski definition) is 2. The molecule has 0 spiro atoms. The number of sulfonamides is 1. The fourth-order valence-electron chi connectivity index (χ4n) is 2.15. The number of aliphatic hydroxyl groups is 1. The van der Waals surface area contributed by atoms with Crippen molar-refractivity contribution >= 4 is 10.0 Å². The van der Waals surface area contributed by atoms with Gasteiger partial charge in [0.1, 0.15) is 0 Å². The van der Waals surface area contributed by atoms with Crippen LogP contribution in [0, 0.1) is 0 Å². The molecule has 2 N–H and O–H groups in total. The molecule has 6 heteroatoms. The molecule has 5 nitrogen and oxygen atoms in total. The van der Waals surface area contributed by atoms with E-state index in [1.807, 2.05) is 0 Å². The van der Waals surface area contributed by atoms with Crippen molar-refractivity contribution in [1.82, 2.24) is 9.29 Å². The molecule has 1 saturated carbocycles. The zero-order chi connectivity index (χ0) is 12.5. The van der Waals surface area contributed by atoms with Gasteiger partial charge in [0, 0.05) is 25.5 Å². The van der Waals surface area contributed by atoms with Crippen LogP contribution in [0.15, 0.2) is 23.4 Å². The monoisotopic (exact) mass is 258 g/mol. The molecule has 1 aliphatic rings. The molecular formula is C11H18N2O3S. The summed E-state index contributed by atoms with van der Waals surface area (Å²) in [7, 11) is -1.73. The number of aromatic nitrogens is 1. The first-order valence-electron chi connectivity index (χ1n) is 5.81. The molecular weight excluding hydrogens is 240 g/mol. The predicted octanol–water partition coefficient (Wildman–Crippen LogP) is 0.607. The smallest absolute Gasteiger partial charge is 0.242 e. The molecule has 2 rings (SSSR count). The highest BCUT2D eigenvalue weighted by atomic mass is 32.2. The van der Waals surface area contributed by atoms with Crippen LogP contribution in [-0.4, -0.2) is 30.2 Å². The second kappa shape index (κ2) is 4.80. The number of aliphatic hydroxyl groups excluding tert-OH is 1. The van der Waals surface area contributed by atoms with E-state index in [0.717, 1.165) is 12.8 Å². The van der Waals surface area contributed by atoms with Gasteiger partial charge in [0.2, 0.25) is 10.0 Å². The maximum Gasteiger partial charge on any atom is 0.242 e. The van der Waals surface area contributed by atoms with Crippen LogP contribution in [0.25, 0.3) is 0 Å². The van der Waals surface area contributed by atoms with Crippen LogP contribution in [-0.2, 0) is 17.1 Å².